The molecule has 21 heavy (non-hydrogen) atoms. The second-order valence-electron chi connectivity index (χ2n) is 4.64. The molecule has 0 aliphatic heterocycles. The molecule has 0 spiro atoms. The fraction of sp³-hybridized carbons (Fsp3) is 0.133. The van der Waals surface area contributed by atoms with Crippen LogP contribution in [0.4, 0.5) is 14.5 Å². The lowest BCUT2D eigenvalue weighted by atomic mass is 10.1. The molecule has 0 aliphatic carbocycles. The molecule has 0 atom stereocenters. The van der Waals surface area contributed by atoms with E-state index in [1.807, 2.05) is 6.07 Å². The number of furan rings is 1. The van der Waals surface area contributed by atoms with Crippen LogP contribution in [0.2, 0.25) is 0 Å². The summed E-state index contributed by atoms with van der Waals surface area (Å²) in [5.41, 5.74) is 0.587. The summed E-state index contributed by atoms with van der Waals surface area (Å²) in [5, 5.41) is 0.172. The molecule has 6 heteroatoms. The van der Waals surface area contributed by atoms with E-state index in [-0.39, 0.29) is 10.9 Å². The molecule has 0 saturated carbocycles. The van der Waals surface area contributed by atoms with Crippen molar-refractivity contribution in [2.75, 3.05) is 11.9 Å². The van der Waals surface area contributed by atoms with Crippen LogP contribution in [0.15, 0.2) is 45.6 Å². The number of aromatic nitrogens is 1. The maximum atomic E-state index is 14.1. The maximum absolute atomic E-state index is 14.1. The van der Waals surface area contributed by atoms with Crippen molar-refractivity contribution >= 4 is 32.5 Å². The number of fused-ring (bicyclic) bond motifs is 1. The Balaban J connectivity index is 2.05. The van der Waals surface area contributed by atoms with E-state index in [1.54, 1.807) is 24.1 Å². The van der Waals surface area contributed by atoms with Crippen molar-refractivity contribution in [2.24, 2.45) is 0 Å². The fourth-order valence-corrected chi connectivity index (χ4v) is 2.59. The van der Waals surface area contributed by atoms with E-state index in [0.29, 0.717) is 22.7 Å². The van der Waals surface area contributed by atoms with Crippen LogP contribution in [0.3, 0.4) is 0 Å². The van der Waals surface area contributed by atoms with E-state index in [2.05, 4.69) is 20.9 Å². The average Bonchev–Trinajstić information content (AvgIpc) is 2.87. The van der Waals surface area contributed by atoms with Gasteiger partial charge in [-0.25, -0.2) is 8.78 Å². The van der Waals surface area contributed by atoms with E-state index in [0.717, 1.165) is 12.1 Å². The molecule has 2 aromatic heterocycles. The molecular formula is C15H11BrF2N2O. The Labute approximate surface area is 128 Å². The lowest BCUT2D eigenvalue weighted by Crippen LogP contribution is -2.16. The molecule has 3 rings (SSSR count). The predicted molar refractivity (Wildman–Crippen MR) is 80.2 cm³/mol. The fourth-order valence-electron chi connectivity index (χ4n) is 2.25. The van der Waals surface area contributed by atoms with Gasteiger partial charge in [0, 0.05) is 13.2 Å². The van der Waals surface area contributed by atoms with Gasteiger partial charge in [-0.05, 0) is 46.3 Å². The minimum atomic E-state index is -0.539. The zero-order chi connectivity index (χ0) is 15.0. The van der Waals surface area contributed by atoms with Crippen molar-refractivity contribution in [3.05, 3.63) is 58.6 Å². The first-order valence-electron chi connectivity index (χ1n) is 6.24. The summed E-state index contributed by atoms with van der Waals surface area (Å²) in [6.45, 7) is 0.431. The van der Waals surface area contributed by atoms with Crippen LogP contribution in [-0.4, -0.2) is 12.0 Å². The highest BCUT2D eigenvalue weighted by Crippen LogP contribution is 2.30. The highest BCUT2D eigenvalue weighted by atomic mass is 79.9. The number of nitrogens with zero attached hydrogens (tertiary/aromatic N) is 2. The topological polar surface area (TPSA) is 29.3 Å². The van der Waals surface area contributed by atoms with Gasteiger partial charge in [-0.15, -0.1) is 0 Å². The van der Waals surface area contributed by atoms with E-state index >= 15 is 0 Å². The normalized spacial score (nSPS) is 11.0. The molecule has 0 fully saturated rings. The largest absolute Gasteiger partial charge is 0.452 e. The summed E-state index contributed by atoms with van der Waals surface area (Å²) in [4.78, 5) is 5.71. The van der Waals surface area contributed by atoms with Crippen LogP contribution in [0.1, 0.15) is 5.76 Å². The molecule has 0 bridgehead atoms. The number of rotatable bonds is 3. The third kappa shape index (κ3) is 2.63. The summed E-state index contributed by atoms with van der Waals surface area (Å²) in [6, 6.07) is 7.45. The zero-order valence-corrected chi connectivity index (χ0v) is 12.7. The van der Waals surface area contributed by atoms with Gasteiger partial charge in [-0.2, -0.15) is 0 Å². The van der Waals surface area contributed by atoms with Crippen LogP contribution >= 0.6 is 15.9 Å². The smallest absolute Gasteiger partial charge is 0.169 e. The van der Waals surface area contributed by atoms with E-state index in [1.165, 1.54) is 6.20 Å². The molecule has 108 valence electrons. The van der Waals surface area contributed by atoms with Gasteiger partial charge in [-0.1, -0.05) is 0 Å². The summed E-state index contributed by atoms with van der Waals surface area (Å²) in [6.07, 6.45) is 1.47. The first-order valence-corrected chi connectivity index (χ1v) is 7.03. The highest BCUT2D eigenvalue weighted by molar-refractivity contribution is 9.10. The number of anilines is 1. The zero-order valence-electron chi connectivity index (χ0n) is 11.1. The second-order valence-corrected chi connectivity index (χ2v) is 5.43. The van der Waals surface area contributed by atoms with Gasteiger partial charge >= 0.3 is 0 Å². The van der Waals surface area contributed by atoms with Gasteiger partial charge < -0.3 is 9.32 Å². The Kier molecular flexibility index (Phi) is 3.63. The molecule has 0 unspecified atom stereocenters. The predicted octanol–water partition coefficient (Wildman–Crippen LogP) is 4.50. The average molecular weight is 353 g/mol. The van der Waals surface area contributed by atoms with Crippen molar-refractivity contribution in [1.29, 1.82) is 0 Å². The van der Waals surface area contributed by atoms with Crippen LogP contribution in [0.5, 0.6) is 0 Å². The van der Waals surface area contributed by atoms with Crippen molar-refractivity contribution in [1.82, 2.24) is 4.98 Å². The van der Waals surface area contributed by atoms with E-state index in [9.17, 15) is 8.78 Å². The monoisotopic (exact) mass is 352 g/mol. The number of benzene rings is 1. The van der Waals surface area contributed by atoms with Crippen LogP contribution in [-0.2, 0) is 6.54 Å². The highest BCUT2D eigenvalue weighted by Gasteiger charge is 2.15. The molecule has 3 nitrogen and oxygen atoms in total. The first kappa shape index (κ1) is 14.0. The van der Waals surface area contributed by atoms with Gasteiger partial charge in [0.15, 0.2) is 4.67 Å². The van der Waals surface area contributed by atoms with Gasteiger partial charge in [-0.3, -0.25) is 4.98 Å². The lowest BCUT2D eigenvalue weighted by molar-refractivity contribution is 0.486. The van der Waals surface area contributed by atoms with E-state index < -0.39 is 11.6 Å². The Morgan fingerprint density at radius 2 is 1.90 bits per heavy atom. The Hall–Kier alpha value is -1.95. The number of pyridine rings is 1. The van der Waals surface area contributed by atoms with Crippen molar-refractivity contribution < 1.29 is 13.2 Å². The molecule has 0 radical (unpaired) electrons. The third-order valence-electron chi connectivity index (χ3n) is 3.20. The van der Waals surface area contributed by atoms with Crippen molar-refractivity contribution in [3.8, 4) is 0 Å². The minimum Gasteiger partial charge on any atom is -0.452 e. The standard InChI is InChI=1S/C15H11BrF2N2O/c1-20(8-9-2-5-13(16)21-9)12-6-7-19-15-11(18)4-3-10(17)14(12)15/h2-7H,8H2,1H3. The van der Waals surface area contributed by atoms with Gasteiger partial charge in [0.1, 0.15) is 22.9 Å². The summed E-state index contributed by atoms with van der Waals surface area (Å²) in [5.74, 6) is -0.324. The molecule has 1 aromatic carbocycles. The summed E-state index contributed by atoms with van der Waals surface area (Å²) in [7, 11) is 1.79. The van der Waals surface area contributed by atoms with Crippen LogP contribution in [0, 0.1) is 11.6 Å². The van der Waals surface area contributed by atoms with Crippen molar-refractivity contribution in [3.63, 3.8) is 0 Å². The first-order chi connectivity index (χ1) is 10.1. The summed E-state index contributed by atoms with van der Waals surface area (Å²) >= 11 is 3.23. The van der Waals surface area contributed by atoms with Crippen LogP contribution < -0.4 is 4.90 Å². The van der Waals surface area contributed by atoms with E-state index in [4.69, 9.17) is 4.42 Å². The molecule has 2 heterocycles. The molecule has 0 saturated heterocycles. The number of halogens is 3. The second kappa shape index (κ2) is 5.44. The lowest BCUT2D eigenvalue weighted by Gasteiger charge is -2.20. The van der Waals surface area contributed by atoms with Gasteiger partial charge in [0.25, 0.3) is 0 Å². The maximum Gasteiger partial charge on any atom is 0.169 e. The molecular weight excluding hydrogens is 342 g/mol. The Bertz CT molecular complexity index is 803. The van der Waals surface area contributed by atoms with Crippen molar-refractivity contribution in [2.45, 2.75) is 6.54 Å². The van der Waals surface area contributed by atoms with Gasteiger partial charge in [0.2, 0.25) is 0 Å². The third-order valence-corrected chi connectivity index (χ3v) is 3.63. The SMILES string of the molecule is CN(Cc1ccc(Br)o1)c1ccnc2c(F)ccc(F)c12. The minimum absolute atomic E-state index is 0.0278. The number of hydrogen-bond donors (Lipinski definition) is 0. The molecule has 3 aromatic rings. The molecule has 0 N–H and O–H groups in total. The Morgan fingerprint density at radius 1 is 1.14 bits per heavy atom. The van der Waals surface area contributed by atoms with Crippen LogP contribution in [0.25, 0.3) is 10.9 Å². The van der Waals surface area contributed by atoms with Gasteiger partial charge in [0.05, 0.1) is 17.6 Å². The molecule has 0 amide bonds. The quantitative estimate of drug-likeness (QED) is 0.694. The number of hydrogen-bond acceptors (Lipinski definition) is 3. The molecule has 0 aliphatic rings. The Morgan fingerprint density at radius 3 is 2.62 bits per heavy atom. The summed E-state index contributed by atoms with van der Waals surface area (Å²) < 4.78 is 33.9.